The van der Waals surface area contributed by atoms with Crippen LogP contribution in [0.1, 0.15) is 24.1 Å². The Labute approximate surface area is 160 Å². The number of anilines is 1. The third kappa shape index (κ3) is 3.78. The number of para-hydroxylation sites is 1. The number of nitro benzene ring substituents is 1. The van der Waals surface area contributed by atoms with Crippen LogP contribution < -0.4 is 16.0 Å². The molecule has 2 aromatic rings. The second kappa shape index (κ2) is 7.78. The Bertz CT molecular complexity index is 986. The highest BCUT2D eigenvalue weighted by molar-refractivity contribution is 5.94. The molecule has 9 nitrogen and oxygen atoms in total. The maximum absolute atomic E-state index is 12.6. The lowest BCUT2D eigenvalue weighted by Gasteiger charge is -2.29. The van der Waals surface area contributed by atoms with Crippen LogP contribution in [0, 0.1) is 10.1 Å². The van der Waals surface area contributed by atoms with Gasteiger partial charge in [-0.3, -0.25) is 20.2 Å². The first kappa shape index (κ1) is 18.9. The van der Waals surface area contributed by atoms with Gasteiger partial charge in [0.15, 0.2) is 0 Å². The summed E-state index contributed by atoms with van der Waals surface area (Å²) in [7, 11) is 1.25. The summed E-state index contributed by atoms with van der Waals surface area (Å²) in [5, 5.41) is 19.6. The van der Waals surface area contributed by atoms with E-state index < -0.39 is 17.1 Å². The molecular weight excluding hydrogens is 364 g/mol. The number of non-ortho nitro benzene ring substituents is 1. The van der Waals surface area contributed by atoms with Crippen molar-refractivity contribution in [1.29, 1.82) is 0 Å². The number of allylic oxidation sites excluding steroid dienone is 1. The van der Waals surface area contributed by atoms with Gasteiger partial charge in [-0.25, -0.2) is 4.79 Å². The van der Waals surface area contributed by atoms with Gasteiger partial charge < -0.3 is 15.4 Å². The number of ether oxygens (including phenoxy) is 1. The number of nitrogens with one attached hydrogen (secondary N) is 3. The Balaban J connectivity index is 1.98. The summed E-state index contributed by atoms with van der Waals surface area (Å²) in [4.78, 5) is 34.8. The summed E-state index contributed by atoms with van der Waals surface area (Å²) in [6, 6.07) is 12.1. The van der Waals surface area contributed by atoms with Crippen LogP contribution in [-0.2, 0) is 9.53 Å². The second-order valence-corrected chi connectivity index (χ2v) is 6.08. The van der Waals surface area contributed by atoms with E-state index in [1.54, 1.807) is 43.3 Å². The number of carbonyl (C=O) groups is 2. The van der Waals surface area contributed by atoms with Gasteiger partial charge in [-0.05, 0) is 13.0 Å². The molecule has 0 aromatic heterocycles. The van der Waals surface area contributed by atoms with Gasteiger partial charge in [0.25, 0.3) is 11.6 Å². The summed E-state index contributed by atoms with van der Waals surface area (Å²) in [5.41, 5.74) is 2.55. The monoisotopic (exact) mass is 382 g/mol. The topological polar surface area (TPSA) is 123 Å². The number of nitro groups is 1. The molecule has 3 N–H and O–H groups in total. The van der Waals surface area contributed by atoms with Crippen LogP contribution in [0.15, 0.2) is 54.2 Å². The zero-order chi connectivity index (χ0) is 20.3. The van der Waals surface area contributed by atoms with E-state index >= 15 is 0 Å². The molecule has 0 radical (unpaired) electrons. The van der Waals surface area contributed by atoms with Crippen LogP contribution in [-0.4, -0.2) is 24.0 Å². The molecule has 9 heteroatoms. The van der Waals surface area contributed by atoms with Crippen LogP contribution in [0.2, 0.25) is 0 Å². The third-order valence-electron chi connectivity index (χ3n) is 4.28. The van der Waals surface area contributed by atoms with E-state index in [1.807, 2.05) is 0 Å². The van der Waals surface area contributed by atoms with Crippen LogP contribution >= 0.6 is 0 Å². The molecular formula is C19H18N4O5. The van der Waals surface area contributed by atoms with E-state index in [-0.39, 0.29) is 11.6 Å². The summed E-state index contributed by atoms with van der Waals surface area (Å²) in [6.45, 7) is 1.70. The Morgan fingerprint density at radius 1 is 1.21 bits per heavy atom. The third-order valence-corrected chi connectivity index (χ3v) is 4.28. The Kier molecular flexibility index (Phi) is 5.25. The zero-order valence-corrected chi connectivity index (χ0v) is 15.2. The Morgan fingerprint density at radius 2 is 1.96 bits per heavy atom. The van der Waals surface area contributed by atoms with Crippen molar-refractivity contribution < 1.29 is 19.2 Å². The number of benzene rings is 2. The van der Waals surface area contributed by atoms with Gasteiger partial charge in [0.05, 0.1) is 17.7 Å². The second-order valence-electron chi connectivity index (χ2n) is 6.08. The molecule has 2 amide bonds. The quantitative estimate of drug-likeness (QED) is 0.552. The van der Waals surface area contributed by atoms with Crippen molar-refractivity contribution in [3.8, 4) is 0 Å². The lowest BCUT2D eigenvalue weighted by atomic mass is 9.99. The minimum atomic E-state index is -0.814. The van der Waals surface area contributed by atoms with Gasteiger partial charge in [-0.2, -0.15) is 0 Å². The number of amides is 2. The van der Waals surface area contributed by atoms with Crippen LogP contribution in [0.3, 0.4) is 0 Å². The molecule has 0 spiro atoms. The minimum absolute atomic E-state index is 0.0548. The van der Waals surface area contributed by atoms with Crippen molar-refractivity contribution in [3.63, 3.8) is 0 Å². The van der Waals surface area contributed by atoms with Gasteiger partial charge in [0.2, 0.25) is 0 Å². The predicted octanol–water partition coefficient (Wildman–Crippen LogP) is 2.92. The van der Waals surface area contributed by atoms with E-state index in [4.69, 9.17) is 0 Å². The molecule has 0 aliphatic carbocycles. The molecule has 1 heterocycles. The van der Waals surface area contributed by atoms with Crippen molar-refractivity contribution in [2.75, 3.05) is 12.4 Å². The molecule has 28 heavy (non-hydrogen) atoms. The normalized spacial score (nSPS) is 16.1. The molecule has 3 rings (SSSR count). The molecule has 0 saturated carbocycles. The molecule has 1 aliphatic heterocycles. The van der Waals surface area contributed by atoms with Crippen LogP contribution in [0.4, 0.5) is 16.2 Å². The highest BCUT2D eigenvalue weighted by Crippen LogP contribution is 2.30. The highest BCUT2D eigenvalue weighted by atomic mass is 16.6. The highest BCUT2D eigenvalue weighted by Gasteiger charge is 2.30. The van der Waals surface area contributed by atoms with Gasteiger partial charge in [0, 0.05) is 34.6 Å². The molecule has 1 aliphatic rings. The largest absolute Gasteiger partial charge is 0.453 e. The first-order valence-corrected chi connectivity index (χ1v) is 8.37. The first-order chi connectivity index (χ1) is 13.4. The summed E-state index contributed by atoms with van der Waals surface area (Å²) in [6.07, 6.45) is -0.658. The maximum Gasteiger partial charge on any atom is 0.411 e. The average Bonchev–Trinajstić information content (AvgIpc) is 2.69. The molecule has 0 fully saturated rings. The van der Waals surface area contributed by atoms with Gasteiger partial charge >= 0.3 is 6.09 Å². The standard InChI is InChI=1S/C19H18N4O5/c1-11-16(12-6-5-7-13(10-12)23(26)27)22-17(18(24)20-11)14-8-3-4-9-15(14)21-19(25)28-2/h3-10,17,22H,1-2H3,(H,20,24)(H,21,25). The van der Waals surface area contributed by atoms with E-state index in [0.717, 1.165) is 0 Å². The number of methoxy groups -OCH3 is 1. The van der Waals surface area contributed by atoms with Gasteiger partial charge in [-0.1, -0.05) is 30.3 Å². The molecule has 0 saturated heterocycles. The van der Waals surface area contributed by atoms with Crippen molar-refractivity contribution in [2.45, 2.75) is 13.0 Å². The number of hydrogen-bond donors (Lipinski definition) is 3. The lowest BCUT2D eigenvalue weighted by molar-refractivity contribution is -0.384. The lowest BCUT2D eigenvalue weighted by Crippen LogP contribution is -2.42. The summed E-state index contributed by atoms with van der Waals surface area (Å²) >= 11 is 0. The zero-order valence-electron chi connectivity index (χ0n) is 15.2. The van der Waals surface area contributed by atoms with E-state index in [1.165, 1.54) is 19.2 Å². The van der Waals surface area contributed by atoms with E-state index in [0.29, 0.717) is 28.2 Å². The summed E-state index contributed by atoms with van der Waals surface area (Å²) in [5.74, 6) is -0.314. The molecule has 0 bridgehead atoms. The van der Waals surface area contributed by atoms with Crippen LogP contribution in [0.5, 0.6) is 0 Å². The molecule has 1 unspecified atom stereocenters. The van der Waals surface area contributed by atoms with Crippen molar-refractivity contribution >= 4 is 29.1 Å². The Morgan fingerprint density at radius 3 is 2.68 bits per heavy atom. The average molecular weight is 382 g/mol. The minimum Gasteiger partial charge on any atom is -0.453 e. The summed E-state index contributed by atoms with van der Waals surface area (Å²) < 4.78 is 4.62. The van der Waals surface area contributed by atoms with Crippen molar-refractivity contribution in [3.05, 3.63) is 75.5 Å². The van der Waals surface area contributed by atoms with Gasteiger partial charge in [0.1, 0.15) is 6.04 Å². The molecule has 1 atom stereocenters. The fourth-order valence-corrected chi connectivity index (χ4v) is 2.95. The van der Waals surface area contributed by atoms with Crippen molar-refractivity contribution in [2.24, 2.45) is 0 Å². The number of hydrogen-bond acceptors (Lipinski definition) is 6. The Hall–Kier alpha value is -3.88. The SMILES string of the molecule is COC(=O)Nc1ccccc1C1NC(c2cccc([N+](=O)[O-])c2)=C(C)NC1=O. The van der Waals surface area contributed by atoms with Crippen LogP contribution in [0.25, 0.3) is 5.70 Å². The van der Waals surface area contributed by atoms with Gasteiger partial charge in [-0.15, -0.1) is 0 Å². The van der Waals surface area contributed by atoms with E-state index in [2.05, 4.69) is 20.7 Å². The fraction of sp³-hybridized carbons (Fsp3) is 0.158. The number of carbonyl (C=O) groups excluding carboxylic acids is 2. The van der Waals surface area contributed by atoms with E-state index in [9.17, 15) is 19.7 Å². The fourth-order valence-electron chi connectivity index (χ4n) is 2.95. The maximum atomic E-state index is 12.6. The molecule has 144 valence electrons. The number of nitrogens with zero attached hydrogens (tertiary/aromatic N) is 1. The first-order valence-electron chi connectivity index (χ1n) is 8.37. The molecule has 2 aromatic carbocycles. The predicted molar refractivity (Wildman–Crippen MR) is 102 cm³/mol. The van der Waals surface area contributed by atoms with Crippen molar-refractivity contribution in [1.82, 2.24) is 10.6 Å². The smallest absolute Gasteiger partial charge is 0.411 e. The number of rotatable bonds is 4.